The van der Waals surface area contributed by atoms with Crippen molar-refractivity contribution in [3.8, 4) is 0 Å². The fraction of sp³-hybridized carbons (Fsp3) is 0.538. The van der Waals surface area contributed by atoms with Gasteiger partial charge in [-0.15, -0.1) is 11.6 Å². The fourth-order valence-corrected chi connectivity index (χ4v) is 2.35. The Labute approximate surface area is 113 Å². The van der Waals surface area contributed by atoms with Crippen LogP contribution in [0.25, 0.3) is 0 Å². The molecule has 0 fully saturated rings. The van der Waals surface area contributed by atoms with Gasteiger partial charge in [0.15, 0.2) is 0 Å². The van der Waals surface area contributed by atoms with Gasteiger partial charge >= 0.3 is 0 Å². The predicted molar refractivity (Wildman–Crippen MR) is 73.9 cm³/mol. The van der Waals surface area contributed by atoms with Crippen molar-refractivity contribution in [2.24, 2.45) is 5.92 Å². The van der Waals surface area contributed by atoms with Crippen molar-refractivity contribution >= 4 is 34.8 Å². The highest BCUT2D eigenvalue weighted by atomic mass is 35.5. The van der Waals surface area contributed by atoms with E-state index in [0.29, 0.717) is 16.0 Å². The van der Waals surface area contributed by atoms with Crippen LogP contribution in [-0.2, 0) is 6.42 Å². The van der Waals surface area contributed by atoms with E-state index < -0.39 is 0 Å². The van der Waals surface area contributed by atoms with E-state index in [2.05, 4.69) is 13.8 Å². The second-order valence-electron chi connectivity index (χ2n) is 4.23. The van der Waals surface area contributed by atoms with Crippen molar-refractivity contribution in [1.82, 2.24) is 0 Å². The van der Waals surface area contributed by atoms with Crippen LogP contribution in [0.4, 0.5) is 0 Å². The van der Waals surface area contributed by atoms with E-state index >= 15 is 0 Å². The Bertz CT molecular complexity index is 336. The summed E-state index contributed by atoms with van der Waals surface area (Å²) in [5.41, 5.74) is 1.15. The number of halogens is 3. The zero-order valence-electron chi connectivity index (χ0n) is 9.64. The van der Waals surface area contributed by atoms with Crippen molar-refractivity contribution < 1.29 is 0 Å². The molecule has 2 unspecified atom stereocenters. The molecule has 1 rings (SSSR count). The molecule has 0 aliphatic carbocycles. The lowest BCUT2D eigenvalue weighted by atomic mass is 9.96. The van der Waals surface area contributed by atoms with Gasteiger partial charge in [0, 0.05) is 5.38 Å². The van der Waals surface area contributed by atoms with Gasteiger partial charge in [-0.2, -0.15) is 0 Å². The normalized spacial score (nSPS) is 14.8. The molecule has 0 nitrogen and oxygen atoms in total. The van der Waals surface area contributed by atoms with Crippen LogP contribution in [0.1, 0.15) is 32.3 Å². The summed E-state index contributed by atoms with van der Waals surface area (Å²) in [6, 6.07) is 5.72. The highest BCUT2D eigenvalue weighted by Gasteiger charge is 2.14. The van der Waals surface area contributed by atoms with Gasteiger partial charge < -0.3 is 0 Å². The van der Waals surface area contributed by atoms with Crippen LogP contribution in [-0.4, -0.2) is 5.38 Å². The summed E-state index contributed by atoms with van der Waals surface area (Å²) in [5, 5.41) is 1.36. The lowest BCUT2D eigenvalue weighted by Crippen LogP contribution is -2.14. The molecule has 0 aliphatic rings. The second-order valence-corrected chi connectivity index (χ2v) is 5.61. The molecule has 0 spiro atoms. The summed E-state index contributed by atoms with van der Waals surface area (Å²) >= 11 is 18.2. The van der Waals surface area contributed by atoms with Gasteiger partial charge in [-0.25, -0.2) is 0 Å². The third-order valence-electron chi connectivity index (χ3n) is 2.78. The standard InChI is InChI=1S/C13H17Cl3/c1-3-4-9(2)12(15)7-10-5-6-11(14)13(16)8-10/h5-6,8-9,12H,3-4,7H2,1-2H3. The first-order chi connectivity index (χ1) is 7.54. The maximum atomic E-state index is 6.36. The zero-order valence-corrected chi connectivity index (χ0v) is 11.9. The summed E-state index contributed by atoms with van der Waals surface area (Å²) in [7, 11) is 0. The molecular weight excluding hydrogens is 263 g/mol. The Kier molecular flexibility index (Phi) is 5.96. The van der Waals surface area contributed by atoms with Crippen LogP contribution < -0.4 is 0 Å². The molecule has 0 saturated carbocycles. The molecule has 0 aromatic heterocycles. The third-order valence-corrected chi connectivity index (χ3v) is 4.10. The van der Waals surface area contributed by atoms with Crippen LogP contribution in [0.5, 0.6) is 0 Å². The van der Waals surface area contributed by atoms with Gasteiger partial charge in [-0.05, 0) is 36.5 Å². The number of alkyl halides is 1. The largest absolute Gasteiger partial charge is 0.122 e. The van der Waals surface area contributed by atoms with Gasteiger partial charge in [-0.1, -0.05) is 49.5 Å². The Hall–Kier alpha value is 0.0900. The van der Waals surface area contributed by atoms with Crippen LogP contribution in [0.3, 0.4) is 0 Å². The minimum absolute atomic E-state index is 0.164. The highest BCUT2D eigenvalue weighted by Crippen LogP contribution is 2.26. The van der Waals surface area contributed by atoms with Crippen LogP contribution in [0.15, 0.2) is 18.2 Å². The van der Waals surface area contributed by atoms with E-state index in [0.717, 1.165) is 18.4 Å². The molecule has 0 amide bonds. The van der Waals surface area contributed by atoms with E-state index in [1.807, 2.05) is 18.2 Å². The van der Waals surface area contributed by atoms with Gasteiger partial charge in [0.1, 0.15) is 0 Å². The molecule has 0 aliphatic heterocycles. The van der Waals surface area contributed by atoms with Crippen LogP contribution >= 0.6 is 34.8 Å². The highest BCUT2D eigenvalue weighted by molar-refractivity contribution is 6.42. The topological polar surface area (TPSA) is 0 Å². The molecule has 0 heterocycles. The lowest BCUT2D eigenvalue weighted by molar-refractivity contribution is 0.494. The van der Waals surface area contributed by atoms with Crippen molar-refractivity contribution in [2.75, 3.05) is 0 Å². The summed E-state index contributed by atoms with van der Waals surface area (Å²) in [6.45, 7) is 4.37. The molecule has 1 aromatic carbocycles. The molecule has 1 aromatic rings. The first kappa shape index (κ1) is 14.2. The molecule has 2 atom stereocenters. The smallest absolute Gasteiger partial charge is 0.0595 e. The number of hydrogen-bond acceptors (Lipinski definition) is 0. The van der Waals surface area contributed by atoms with Gasteiger partial charge in [0.2, 0.25) is 0 Å². The SMILES string of the molecule is CCCC(C)C(Cl)Cc1ccc(Cl)c(Cl)c1. The maximum absolute atomic E-state index is 6.36. The summed E-state index contributed by atoms with van der Waals surface area (Å²) in [5.74, 6) is 0.529. The molecule has 90 valence electrons. The molecule has 0 radical (unpaired) electrons. The minimum Gasteiger partial charge on any atom is -0.122 e. The molecule has 0 saturated heterocycles. The third kappa shape index (κ3) is 4.16. The predicted octanol–water partition coefficient (Wildman–Crippen LogP) is 5.58. The van der Waals surface area contributed by atoms with Crippen molar-refractivity contribution in [1.29, 1.82) is 0 Å². The van der Waals surface area contributed by atoms with Gasteiger partial charge in [0.25, 0.3) is 0 Å². The van der Waals surface area contributed by atoms with Gasteiger partial charge in [-0.3, -0.25) is 0 Å². The van der Waals surface area contributed by atoms with E-state index in [-0.39, 0.29) is 5.38 Å². The van der Waals surface area contributed by atoms with Crippen molar-refractivity contribution in [2.45, 2.75) is 38.5 Å². The Balaban J connectivity index is 2.62. The molecular formula is C13H17Cl3. The van der Waals surface area contributed by atoms with Gasteiger partial charge in [0.05, 0.1) is 10.0 Å². The molecule has 0 N–H and O–H groups in total. The van der Waals surface area contributed by atoms with E-state index in [9.17, 15) is 0 Å². The Morgan fingerprint density at radius 2 is 1.88 bits per heavy atom. The number of rotatable bonds is 5. The quantitative estimate of drug-likeness (QED) is 0.617. The van der Waals surface area contributed by atoms with Crippen LogP contribution in [0, 0.1) is 5.92 Å². The maximum Gasteiger partial charge on any atom is 0.0595 e. The summed E-state index contributed by atoms with van der Waals surface area (Å²) in [4.78, 5) is 0. The first-order valence-electron chi connectivity index (χ1n) is 5.62. The second kappa shape index (κ2) is 6.74. The average Bonchev–Trinajstić information content (AvgIpc) is 2.24. The fourth-order valence-electron chi connectivity index (χ4n) is 1.73. The summed E-state index contributed by atoms with van der Waals surface area (Å²) in [6.07, 6.45) is 3.18. The van der Waals surface area contributed by atoms with Crippen molar-refractivity contribution in [3.05, 3.63) is 33.8 Å². The molecule has 0 bridgehead atoms. The lowest BCUT2D eigenvalue weighted by Gasteiger charge is -2.17. The van der Waals surface area contributed by atoms with Crippen LogP contribution in [0.2, 0.25) is 10.0 Å². The monoisotopic (exact) mass is 278 g/mol. The minimum atomic E-state index is 0.164. The van der Waals surface area contributed by atoms with E-state index in [1.165, 1.54) is 6.42 Å². The van der Waals surface area contributed by atoms with E-state index in [4.69, 9.17) is 34.8 Å². The zero-order chi connectivity index (χ0) is 12.1. The first-order valence-corrected chi connectivity index (χ1v) is 6.81. The van der Waals surface area contributed by atoms with Crippen molar-refractivity contribution in [3.63, 3.8) is 0 Å². The molecule has 16 heavy (non-hydrogen) atoms. The summed E-state index contributed by atoms with van der Waals surface area (Å²) < 4.78 is 0. The Morgan fingerprint density at radius 3 is 2.44 bits per heavy atom. The van der Waals surface area contributed by atoms with E-state index in [1.54, 1.807) is 0 Å². The number of hydrogen-bond donors (Lipinski definition) is 0. The average molecular weight is 280 g/mol. The molecule has 3 heteroatoms. The number of benzene rings is 1. The Morgan fingerprint density at radius 1 is 1.19 bits per heavy atom.